The second kappa shape index (κ2) is 5.77. The second-order valence-corrected chi connectivity index (χ2v) is 6.34. The first kappa shape index (κ1) is 14.5. The Morgan fingerprint density at radius 3 is 2.81 bits per heavy atom. The van der Waals surface area contributed by atoms with Gasteiger partial charge in [-0.25, -0.2) is 9.97 Å². The molecule has 0 spiro atoms. The molecule has 21 heavy (non-hydrogen) atoms. The molecule has 3 rings (SSSR count). The van der Waals surface area contributed by atoms with Crippen molar-refractivity contribution in [3.63, 3.8) is 0 Å². The summed E-state index contributed by atoms with van der Waals surface area (Å²) in [5.41, 5.74) is 6.22. The number of nitrogens with zero attached hydrogens (tertiary/aromatic N) is 5. The van der Waals surface area contributed by atoms with Crippen molar-refractivity contribution >= 4 is 11.8 Å². The van der Waals surface area contributed by atoms with Crippen LogP contribution >= 0.6 is 11.8 Å². The van der Waals surface area contributed by atoms with Crippen LogP contribution in [-0.4, -0.2) is 37.4 Å². The van der Waals surface area contributed by atoms with E-state index in [-0.39, 0.29) is 0 Å². The largest absolute Gasteiger partial charge is 0.294 e. The molecule has 0 bridgehead atoms. The zero-order valence-corrected chi connectivity index (χ0v) is 13.9. The van der Waals surface area contributed by atoms with Gasteiger partial charge in [-0.3, -0.25) is 9.58 Å². The van der Waals surface area contributed by atoms with E-state index < -0.39 is 0 Å². The molecule has 5 nitrogen and oxygen atoms in total. The van der Waals surface area contributed by atoms with Crippen molar-refractivity contribution in [1.82, 2.24) is 24.6 Å². The first-order valence-corrected chi connectivity index (χ1v) is 8.41. The zero-order valence-electron chi connectivity index (χ0n) is 13.1. The lowest BCUT2D eigenvalue weighted by Gasteiger charge is -2.28. The van der Waals surface area contributed by atoms with Crippen LogP contribution in [0.1, 0.15) is 28.2 Å². The zero-order chi connectivity index (χ0) is 15.0. The molecule has 0 saturated heterocycles. The van der Waals surface area contributed by atoms with Gasteiger partial charge in [0.1, 0.15) is 0 Å². The molecule has 2 aromatic rings. The van der Waals surface area contributed by atoms with Gasteiger partial charge in [0, 0.05) is 56.1 Å². The summed E-state index contributed by atoms with van der Waals surface area (Å²) in [5.74, 6) is 0. The lowest BCUT2D eigenvalue weighted by atomic mass is 10.1. The summed E-state index contributed by atoms with van der Waals surface area (Å²) in [6.45, 7) is 7.16. The van der Waals surface area contributed by atoms with Gasteiger partial charge in [-0.1, -0.05) is 11.8 Å². The number of hydrogen-bond acceptors (Lipinski definition) is 5. The van der Waals surface area contributed by atoms with E-state index in [9.17, 15) is 0 Å². The lowest BCUT2D eigenvalue weighted by Crippen LogP contribution is -2.31. The predicted octanol–water partition coefficient (Wildman–Crippen LogP) is 2.11. The summed E-state index contributed by atoms with van der Waals surface area (Å²) in [6.07, 6.45) is 5.01. The Morgan fingerprint density at radius 2 is 2.14 bits per heavy atom. The van der Waals surface area contributed by atoms with Crippen LogP contribution in [0.4, 0.5) is 0 Å². The fraction of sp³-hybridized carbons (Fsp3) is 0.533. The SMILES string of the molecule is CSc1ncc2c(n1)CCN(Cc1c(C)nn(C)c1C)C2. The van der Waals surface area contributed by atoms with Crippen molar-refractivity contribution < 1.29 is 0 Å². The number of fused-ring (bicyclic) bond motifs is 1. The van der Waals surface area contributed by atoms with E-state index in [0.29, 0.717) is 0 Å². The predicted molar refractivity (Wildman–Crippen MR) is 84.3 cm³/mol. The monoisotopic (exact) mass is 303 g/mol. The molecule has 0 unspecified atom stereocenters. The molecule has 0 fully saturated rings. The maximum absolute atomic E-state index is 4.62. The normalized spacial score (nSPS) is 15.2. The second-order valence-electron chi connectivity index (χ2n) is 5.56. The van der Waals surface area contributed by atoms with Gasteiger partial charge in [0.05, 0.1) is 11.4 Å². The van der Waals surface area contributed by atoms with Crippen LogP contribution in [0.2, 0.25) is 0 Å². The molecular formula is C15H21N5S. The van der Waals surface area contributed by atoms with Crippen molar-refractivity contribution in [1.29, 1.82) is 0 Å². The Bertz CT molecular complexity index is 664. The van der Waals surface area contributed by atoms with E-state index in [1.807, 2.05) is 24.2 Å². The van der Waals surface area contributed by atoms with E-state index in [1.54, 1.807) is 11.8 Å². The minimum atomic E-state index is 0.876. The van der Waals surface area contributed by atoms with Crippen LogP contribution in [0.3, 0.4) is 0 Å². The first-order chi connectivity index (χ1) is 10.1. The molecule has 0 atom stereocenters. The van der Waals surface area contributed by atoms with Gasteiger partial charge in [0.25, 0.3) is 0 Å². The van der Waals surface area contributed by atoms with E-state index >= 15 is 0 Å². The summed E-state index contributed by atoms with van der Waals surface area (Å²) < 4.78 is 1.97. The summed E-state index contributed by atoms with van der Waals surface area (Å²) in [6, 6.07) is 0. The van der Waals surface area contributed by atoms with Crippen molar-refractivity contribution in [2.75, 3.05) is 12.8 Å². The smallest absolute Gasteiger partial charge is 0.187 e. The van der Waals surface area contributed by atoms with Gasteiger partial charge in [-0.2, -0.15) is 5.10 Å². The van der Waals surface area contributed by atoms with E-state index in [1.165, 1.54) is 22.5 Å². The third-order valence-corrected chi connectivity index (χ3v) is 4.78. The topological polar surface area (TPSA) is 46.8 Å². The molecule has 0 aliphatic carbocycles. The van der Waals surface area contributed by atoms with Crippen LogP contribution in [0, 0.1) is 13.8 Å². The number of aromatic nitrogens is 4. The van der Waals surface area contributed by atoms with Gasteiger partial charge in [-0.05, 0) is 20.1 Å². The third kappa shape index (κ3) is 2.82. The molecule has 0 amide bonds. The summed E-state index contributed by atoms with van der Waals surface area (Å²) in [5, 5.41) is 5.38. The van der Waals surface area contributed by atoms with Gasteiger partial charge in [0.2, 0.25) is 0 Å². The molecule has 0 N–H and O–H groups in total. The standard InChI is InChI=1S/C15H21N5S/c1-10-13(11(2)19(3)18-10)9-20-6-5-14-12(8-20)7-16-15(17-14)21-4/h7H,5-6,8-9H2,1-4H3. The highest BCUT2D eigenvalue weighted by atomic mass is 32.2. The number of aryl methyl sites for hydroxylation is 2. The minimum absolute atomic E-state index is 0.876. The Labute approximate surface area is 129 Å². The minimum Gasteiger partial charge on any atom is -0.294 e. The average Bonchev–Trinajstić information content (AvgIpc) is 2.73. The Kier molecular flexibility index (Phi) is 3.99. The average molecular weight is 303 g/mol. The van der Waals surface area contributed by atoms with Crippen molar-refractivity contribution in [3.8, 4) is 0 Å². The Balaban J connectivity index is 1.77. The molecule has 0 saturated carbocycles. The summed E-state index contributed by atoms with van der Waals surface area (Å²) in [4.78, 5) is 11.5. The van der Waals surface area contributed by atoms with E-state index in [2.05, 4.69) is 33.8 Å². The number of rotatable bonds is 3. The van der Waals surface area contributed by atoms with Gasteiger partial charge in [0.15, 0.2) is 5.16 Å². The highest BCUT2D eigenvalue weighted by molar-refractivity contribution is 7.98. The molecule has 1 aliphatic heterocycles. The van der Waals surface area contributed by atoms with Gasteiger partial charge in [-0.15, -0.1) is 0 Å². The van der Waals surface area contributed by atoms with Gasteiger partial charge < -0.3 is 0 Å². The highest BCUT2D eigenvalue weighted by Crippen LogP contribution is 2.22. The van der Waals surface area contributed by atoms with Crippen LogP contribution < -0.4 is 0 Å². The van der Waals surface area contributed by atoms with Crippen molar-refractivity contribution in [2.45, 2.75) is 38.5 Å². The van der Waals surface area contributed by atoms with Crippen molar-refractivity contribution in [2.24, 2.45) is 7.05 Å². The molecular weight excluding hydrogens is 282 g/mol. The van der Waals surface area contributed by atoms with Crippen LogP contribution in [0.15, 0.2) is 11.4 Å². The molecule has 0 radical (unpaired) electrons. The lowest BCUT2D eigenvalue weighted by molar-refractivity contribution is 0.241. The van der Waals surface area contributed by atoms with E-state index in [4.69, 9.17) is 0 Å². The van der Waals surface area contributed by atoms with Crippen LogP contribution in [0.25, 0.3) is 0 Å². The molecule has 0 aromatic carbocycles. The molecule has 112 valence electrons. The molecule has 3 heterocycles. The molecule has 2 aromatic heterocycles. The Morgan fingerprint density at radius 1 is 1.33 bits per heavy atom. The van der Waals surface area contributed by atoms with Crippen molar-refractivity contribution in [3.05, 3.63) is 34.4 Å². The molecule has 6 heteroatoms. The number of thioether (sulfide) groups is 1. The third-order valence-electron chi connectivity index (χ3n) is 4.21. The first-order valence-electron chi connectivity index (χ1n) is 7.18. The van der Waals surface area contributed by atoms with Crippen LogP contribution in [-0.2, 0) is 26.6 Å². The van der Waals surface area contributed by atoms with E-state index in [0.717, 1.165) is 36.9 Å². The molecule has 1 aliphatic rings. The quantitative estimate of drug-likeness (QED) is 0.642. The fourth-order valence-electron chi connectivity index (χ4n) is 2.86. The van der Waals surface area contributed by atoms with Crippen LogP contribution in [0.5, 0.6) is 0 Å². The highest BCUT2D eigenvalue weighted by Gasteiger charge is 2.20. The maximum atomic E-state index is 4.62. The Hall–Kier alpha value is -1.40. The summed E-state index contributed by atoms with van der Waals surface area (Å²) in [7, 11) is 2.01. The fourth-order valence-corrected chi connectivity index (χ4v) is 3.22. The van der Waals surface area contributed by atoms with Gasteiger partial charge >= 0.3 is 0 Å². The number of hydrogen-bond donors (Lipinski definition) is 0. The summed E-state index contributed by atoms with van der Waals surface area (Å²) >= 11 is 1.60. The maximum Gasteiger partial charge on any atom is 0.187 e.